The summed E-state index contributed by atoms with van der Waals surface area (Å²) in [6.45, 7) is 0. The number of benzene rings is 1. The second-order valence-corrected chi connectivity index (χ2v) is 5.53. The summed E-state index contributed by atoms with van der Waals surface area (Å²) >= 11 is 5.78. The van der Waals surface area contributed by atoms with Crippen LogP contribution in [-0.2, 0) is 6.42 Å². The molecule has 1 nitrogen and oxygen atoms in total. The third-order valence-electron chi connectivity index (χ3n) is 3.66. The van der Waals surface area contributed by atoms with Crippen LogP contribution in [0.3, 0.4) is 0 Å². The average molecular weight is 275 g/mol. The summed E-state index contributed by atoms with van der Waals surface area (Å²) in [7, 11) is 0. The van der Waals surface area contributed by atoms with Gasteiger partial charge in [-0.1, -0.05) is 23.7 Å². The van der Waals surface area contributed by atoms with Gasteiger partial charge >= 0.3 is 0 Å². The zero-order chi connectivity index (χ0) is 13.2. The molecule has 2 rings (SSSR count). The standard InChI is InChI=1S/C14H17ClF2O/c15-12-3-1-10(2-4-12)9-13(18)11-5-7-14(16,17)8-6-11/h1-4,11,13,18H,5-9H2. The largest absolute Gasteiger partial charge is 0.392 e. The highest BCUT2D eigenvalue weighted by molar-refractivity contribution is 6.30. The predicted octanol–water partition coefficient (Wildman–Crippen LogP) is 4.07. The maximum absolute atomic E-state index is 13.0. The molecule has 0 bridgehead atoms. The molecule has 1 aliphatic carbocycles. The van der Waals surface area contributed by atoms with Crippen LogP contribution in [0.5, 0.6) is 0 Å². The molecule has 0 radical (unpaired) electrons. The molecule has 0 amide bonds. The van der Waals surface area contributed by atoms with E-state index in [1.807, 2.05) is 12.1 Å². The molecule has 18 heavy (non-hydrogen) atoms. The summed E-state index contributed by atoms with van der Waals surface area (Å²) in [5, 5.41) is 10.7. The van der Waals surface area contributed by atoms with E-state index < -0.39 is 12.0 Å². The maximum Gasteiger partial charge on any atom is 0.248 e. The molecule has 1 N–H and O–H groups in total. The van der Waals surface area contributed by atoms with E-state index in [9.17, 15) is 13.9 Å². The Morgan fingerprint density at radius 1 is 1.22 bits per heavy atom. The summed E-state index contributed by atoms with van der Waals surface area (Å²) in [5.74, 6) is -2.54. The molecule has 1 fully saturated rings. The quantitative estimate of drug-likeness (QED) is 0.881. The molecule has 4 heteroatoms. The lowest BCUT2D eigenvalue weighted by Gasteiger charge is -2.31. The van der Waals surface area contributed by atoms with Crippen LogP contribution in [0.25, 0.3) is 0 Å². The van der Waals surface area contributed by atoms with Crippen LogP contribution in [0.2, 0.25) is 5.02 Å². The molecule has 1 aromatic carbocycles. The molecule has 0 heterocycles. The van der Waals surface area contributed by atoms with Crippen molar-refractivity contribution in [2.75, 3.05) is 0 Å². The van der Waals surface area contributed by atoms with Gasteiger partial charge < -0.3 is 5.11 Å². The summed E-state index contributed by atoms with van der Waals surface area (Å²) < 4.78 is 26.0. The topological polar surface area (TPSA) is 20.2 Å². The van der Waals surface area contributed by atoms with E-state index in [0.29, 0.717) is 24.3 Å². The zero-order valence-electron chi connectivity index (χ0n) is 10.1. The highest BCUT2D eigenvalue weighted by atomic mass is 35.5. The molecule has 0 aromatic heterocycles. The molecule has 0 saturated heterocycles. The van der Waals surface area contributed by atoms with Gasteiger partial charge in [-0.2, -0.15) is 0 Å². The van der Waals surface area contributed by atoms with Crippen molar-refractivity contribution in [2.24, 2.45) is 5.92 Å². The number of hydrogen-bond donors (Lipinski definition) is 1. The Morgan fingerprint density at radius 3 is 2.33 bits per heavy atom. The average Bonchev–Trinajstić information content (AvgIpc) is 2.32. The lowest BCUT2D eigenvalue weighted by atomic mass is 9.81. The highest BCUT2D eigenvalue weighted by Crippen LogP contribution is 2.37. The number of aliphatic hydroxyl groups is 1. The Hall–Kier alpha value is -0.670. The Labute approximate surface area is 111 Å². The second kappa shape index (κ2) is 5.54. The number of alkyl halides is 2. The van der Waals surface area contributed by atoms with Crippen LogP contribution in [0.15, 0.2) is 24.3 Å². The Kier molecular flexibility index (Phi) is 4.23. The van der Waals surface area contributed by atoms with Gasteiger partial charge in [-0.3, -0.25) is 0 Å². The van der Waals surface area contributed by atoms with Crippen LogP contribution in [0.4, 0.5) is 8.78 Å². The molecule has 1 atom stereocenters. The SMILES string of the molecule is OC(Cc1ccc(Cl)cc1)C1CCC(F)(F)CC1. The van der Waals surface area contributed by atoms with Crippen molar-refractivity contribution in [3.8, 4) is 0 Å². The fourth-order valence-electron chi connectivity index (χ4n) is 2.48. The molecule has 1 aliphatic rings. The van der Waals surface area contributed by atoms with E-state index in [1.54, 1.807) is 12.1 Å². The molecule has 1 aromatic rings. The van der Waals surface area contributed by atoms with Crippen molar-refractivity contribution in [3.63, 3.8) is 0 Å². The second-order valence-electron chi connectivity index (χ2n) is 5.09. The summed E-state index contributed by atoms with van der Waals surface area (Å²) in [6.07, 6.45) is 0.573. The van der Waals surface area contributed by atoms with Crippen LogP contribution < -0.4 is 0 Å². The zero-order valence-corrected chi connectivity index (χ0v) is 10.8. The smallest absolute Gasteiger partial charge is 0.248 e. The minimum Gasteiger partial charge on any atom is -0.392 e. The highest BCUT2D eigenvalue weighted by Gasteiger charge is 2.37. The van der Waals surface area contributed by atoms with Gasteiger partial charge in [0.15, 0.2) is 0 Å². The summed E-state index contributed by atoms with van der Waals surface area (Å²) in [4.78, 5) is 0. The first kappa shape index (κ1) is 13.8. The van der Waals surface area contributed by atoms with Crippen LogP contribution in [0.1, 0.15) is 31.2 Å². The first-order valence-electron chi connectivity index (χ1n) is 6.27. The Balaban J connectivity index is 1.89. The van der Waals surface area contributed by atoms with E-state index in [-0.39, 0.29) is 18.8 Å². The monoisotopic (exact) mass is 274 g/mol. The van der Waals surface area contributed by atoms with E-state index in [4.69, 9.17) is 11.6 Å². The van der Waals surface area contributed by atoms with Gasteiger partial charge in [-0.15, -0.1) is 0 Å². The van der Waals surface area contributed by atoms with Crippen LogP contribution in [0, 0.1) is 5.92 Å². The normalized spacial score (nSPS) is 21.8. The number of rotatable bonds is 3. The van der Waals surface area contributed by atoms with Crippen LogP contribution >= 0.6 is 11.6 Å². The first-order chi connectivity index (χ1) is 8.46. The molecular formula is C14H17ClF2O. The van der Waals surface area contributed by atoms with E-state index in [2.05, 4.69) is 0 Å². The lowest BCUT2D eigenvalue weighted by molar-refractivity contribution is -0.0619. The predicted molar refractivity (Wildman–Crippen MR) is 68.1 cm³/mol. The van der Waals surface area contributed by atoms with E-state index in [1.165, 1.54) is 0 Å². The number of hydrogen-bond acceptors (Lipinski definition) is 1. The lowest BCUT2D eigenvalue weighted by Crippen LogP contribution is -2.32. The third kappa shape index (κ3) is 3.66. The Bertz CT molecular complexity index is 381. The molecule has 1 saturated carbocycles. The molecule has 0 aliphatic heterocycles. The van der Waals surface area contributed by atoms with Crippen molar-refractivity contribution in [2.45, 2.75) is 44.1 Å². The van der Waals surface area contributed by atoms with Gasteiger partial charge in [0, 0.05) is 17.9 Å². The van der Waals surface area contributed by atoms with Gasteiger partial charge in [0.2, 0.25) is 5.92 Å². The van der Waals surface area contributed by atoms with Gasteiger partial charge in [0.05, 0.1) is 6.10 Å². The van der Waals surface area contributed by atoms with Crippen LogP contribution in [-0.4, -0.2) is 17.1 Å². The molecule has 0 spiro atoms. The summed E-state index contributed by atoms with van der Waals surface area (Å²) in [6, 6.07) is 7.28. The Morgan fingerprint density at radius 2 is 1.78 bits per heavy atom. The number of halogens is 3. The van der Waals surface area contributed by atoms with E-state index in [0.717, 1.165) is 5.56 Å². The molecule has 100 valence electrons. The fraction of sp³-hybridized carbons (Fsp3) is 0.571. The van der Waals surface area contributed by atoms with Gasteiger partial charge in [0.1, 0.15) is 0 Å². The van der Waals surface area contributed by atoms with E-state index >= 15 is 0 Å². The van der Waals surface area contributed by atoms with Gasteiger partial charge in [-0.25, -0.2) is 8.78 Å². The molecule has 1 unspecified atom stereocenters. The van der Waals surface area contributed by atoms with Crippen molar-refractivity contribution in [3.05, 3.63) is 34.9 Å². The first-order valence-corrected chi connectivity index (χ1v) is 6.64. The van der Waals surface area contributed by atoms with Crippen molar-refractivity contribution < 1.29 is 13.9 Å². The third-order valence-corrected chi connectivity index (χ3v) is 3.92. The minimum atomic E-state index is -2.53. The maximum atomic E-state index is 13.0. The summed E-state index contributed by atoms with van der Waals surface area (Å²) in [5.41, 5.74) is 0.990. The van der Waals surface area contributed by atoms with Gasteiger partial charge in [0.25, 0.3) is 0 Å². The van der Waals surface area contributed by atoms with Crippen molar-refractivity contribution in [1.29, 1.82) is 0 Å². The molecular weight excluding hydrogens is 258 g/mol. The van der Waals surface area contributed by atoms with Crippen molar-refractivity contribution in [1.82, 2.24) is 0 Å². The number of aliphatic hydroxyl groups excluding tert-OH is 1. The minimum absolute atomic E-state index is 0.0136. The van der Waals surface area contributed by atoms with Gasteiger partial charge in [-0.05, 0) is 42.9 Å². The fourth-order valence-corrected chi connectivity index (χ4v) is 2.60. The van der Waals surface area contributed by atoms with Crippen molar-refractivity contribution >= 4 is 11.6 Å².